The maximum atomic E-state index is 13.5. The van der Waals surface area contributed by atoms with Crippen molar-refractivity contribution >= 4 is 5.78 Å². The number of ketones is 1. The highest BCUT2D eigenvalue weighted by molar-refractivity contribution is 5.83. The number of halogens is 1. The minimum absolute atomic E-state index is 0.0601. The van der Waals surface area contributed by atoms with Crippen LogP contribution in [0.1, 0.15) is 19.4 Å². The maximum absolute atomic E-state index is 13.5. The highest BCUT2D eigenvalue weighted by atomic mass is 19.1. The molecule has 1 N–H and O–H groups in total. The second kappa shape index (κ2) is 7.11. The van der Waals surface area contributed by atoms with Crippen LogP contribution in [0.15, 0.2) is 18.2 Å². The van der Waals surface area contributed by atoms with Gasteiger partial charge in [0.25, 0.3) is 0 Å². The molecule has 1 aromatic carbocycles. The molecule has 0 radical (unpaired) electrons. The number of nitrogens with one attached hydrogen (secondary N) is 1. The third-order valence-electron chi connectivity index (χ3n) is 2.84. The molecule has 1 unspecified atom stereocenters. The molecule has 0 heterocycles. The van der Waals surface area contributed by atoms with Crippen LogP contribution >= 0.6 is 0 Å². The minimum atomic E-state index is -0.429. The van der Waals surface area contributed by atoms with E-state index in [1.807, 2.05) is 13.8 Å². The van der Waals surface area contributed by atoms with Gasteiger partial charge in [0.05, 0.1) is 7.11 Å². The van der Waals surface area contributed by atoms with Crippen LogP contribution in [-0.4, -0.2) is 26.0 Å². The molecule has 1 aromatic rings. The third-order valence-corrected chi connectivity index (χ3v) is 2.84. The number of benzene rings is 1. The van der Waals surface area contributed by atoms with Crippen LogP contribution in [0.25, 0.3) is 0 Å². The molecule has 1 atom stereocenters. The number of carbonyl (C=O) groups excluding carboxylic acids is 1. The van der Waals surface area contributed by atoms with Gasteiger partial charge in [-0.05, 0) is 24.2 Å². The first kappa shape index (κ1) is 14.6. The van der Waals surface area contributed by atoms with Crippen molar-refractivity contribution in [2.45, 2.75) is 20.3 Å². The Morgan fingerprint density at radius 3 is 2.78 bits per heavy atom. The van der Waals surface area contributed by atoms with E-state index in [1.54, 1.807) is 12.1 Å². The van der Waals surface area contributed by atoms with Gasteiger partial charge in [0, 0.05) is 18.9 Å². The van der Waals surface area contributed by atoms with Gasteiger partial charge in [-0.2, -0.15) is 0 Å². The summed E-state index contributed by atoms with van der Waals surface area (Å²) in [5.74, 6) is -0.176. The van der Waals surface area contributed by atoms with E-state index < -0.39 is 5.82 Å². The zero-order valence-corrected chi connectivity index (χ0v) is 11.1. The number of ether oxygens (including phenoxy) is 1. The molecule has 0 aromatic heterocycles. The van der Waals surface area contributed by atoms with Crippen molar-refractivity contribution < 1.29 is 13.9 Å². The number of Topliss-reactive ketones (excluding diaryl/α,β-unsaturated/α-hetero) is 1. The van der Waals surface area contributed by atoms with Gasteiger partial charge in [0.1, 0.15) is 5.78 Å². The molecule has 0 amide bonds. The topological polar surface area (TPSA) is 38.3 Å². The SMILES string of the molecule is CCNCC(C)C(=O)Cc1ccc(OC)c(F)c1. The summed E-state index contributed by atoms with van der Waals surface area (Å²) in [6.45, 7) is 5.38. The molecule has 0 aliphatic carbocycles. The average molecular weight is 253 g/mol. The van der Waals surface area contributed by atoms with Crippen molar-refractivity contribution in [2.75, 3.05) is 20.2 Å². The molecule has 0 aliphatic heterocycles. The molecular weight excluding hydrogens is 233 g/mol. The Morgan fingerprint density at radius 1 is 1.50 bits per heavy atom. The lowest BCUT2D eigenvalue weighted by Gasteiger charge is -2.11. The summed E-state index contributed by atoms with van der Waals surface area (Å²) < 4.78 is 18.3. The van der Waals surface area contributed by atoms with Crippen LogP contribution in [-0.2, 0) is 11.2 Å². The minimum Gasteiger partial charge on any atom is -0.494 e. The summed E-state index contributed by atoms with van der Waals surface area (Å²) in [5.41, 5.74) is 0.682. The lowest BCUT2D eigenvalue weighted by atomic mass is 9.99. The third kappa shape index (κ3) is 4.11. The van der Waals surface area contributed by atoms with Crippen molar-refractivity contribution in [3.63, 3.8) is 0 Å². The van der Waals surface area contributed by atoms with Crippen molar-refractivity contribution in [2.24, 2.45) is 5.92 Å². The number of hydrogen-bond donors (Lipinski definition) is 1. The lowest BCUT2D eigenvalue weighted by Crippen LogP contribution is -2.27. The first-order valence-corrected chi connectivity index (χ1v) is 6.14. The molecule has 18 heavy (non-hydrogen) atoms. The van der Waals surface area contributed by atoms with Gasteiger partial charge in [-0.15, -0.1) is 0 Å². The zero-order chi connectivity index (χ0) is 13.5. The Kier molecular flexibility index (Phi) is 5.78. The fraction of sp³-hybridized carbons (Fsp3) is 0.500. The molecule has 4 heteroatoms. The van der Waals surface area contributed by atoms with Crippen LogP contribution in [0.2, 0.25) is 0 Å². The molecular formula is C14H20FNO2. The second-order valence-corrected chi connectivity index (χ2v) is 4.32. The predicted octanol–water partition coefficient (Wildman–Crippen LogP) is 2.19. The maximum Gasteiger partial charge on any atom is 0.165 e. The second-order valence-electron chi connectivity index (χ2n) is 4.32. The lowest BCUT2D eigenvalue weighted by molar-refractivity contribution is -0.121. The smallest absolute Gasteiger partial charge is 0.165 e. The van der Waals surface area contributed by atoms with E-state index in [0.717, 1.165) is 6.54 Å². The number of carbonyl (C=O) groups is 1. The fourth-order valence-corrected chi connectivity index (χ4v) is 1.67. The molecule has 0 saturated heterocycles. The fourth-order valence-electron chi connectivity index (χ4n) is 1.67. The summed E-state index contributed by atoms with van der Waals surface area (Å²) in [7, 11) is 1.42. The van der Waals surface area contributed by atoms with Gasteiger partial charge < -0.3 is 10.1 Å². The quantitative estimate of drug-likeness (QED) is 0.809. The Balaban J connectivity index is 2.61. The van der Waals surface area contributed by atoms with Crippen molar-refractivity contribution in [1.29, 1.82) is 0 Å². The highest BCUT2D eigenvalue weighted by Gasteiger charge is 2.14. The molecule has 0 aliphatic rings. The van der Waals surface area contributed by atoms with Gasteiger partial charge in [0.15, 0.2) is 11.6 Å². The summed E-state index contributed by atoms with van der Waals surface area (Å²) in [4.78, 5) is 11.9. The molecule has 100 valence electrons. The van der Waals surface area contributed by atoms with Gasteiger partial charge in [-0.3, -0.25) is 4.79 Å². The normalized spacial score (nSPS) is 12.2. The van der Waals surface area contributed by atoms with Crippen LogP contribution < -0.4 is 10.1 Å². The molecule has 0 spiro atoms. The van der Waals surface area contributed by atoms with Crippen LogP contribution in [0.5, 0.6) is 5.75 Å². The zero-order valence-electron chi connectivity index (χ0n) is 11.1. The first-order chi connectivity index (χ1) is 8.58. The Labute approximate surface area is 107 Å². The standard InChI is InChI=1S/C14H20FNO2/c1-4-16-9-10(2)13(17)8-11-5-6-14(18-3)12(15)7-11/h5-7,10,16H,4,8-9H2,1-3H3. The van der Waals surface area contributed by atoms with Gasteiger partial charge in [-0.25, -0.2) is 4.39 Å². The summed E-state index contributed by atoms with van der Waals surface area (Å²) >= 11 is 0. The van der Waals surface area contributed by atoms with Crippen LogP contribution in [0.3, 0.4) is 0 Å². The molecule has 0 fully saturated rings. The number of hydrogen-bond acceptors (Lipinski definition) is 3. The van der Waals surface area contributed by atoms with Crippen LogP contribution in [0.4, 0.5) is 4.39 Å². The van der Waals surface area contributed by atoms with E-state index in [4.69, 9.17) is 4.74 Å². The van der Waals surface area contributed by atoms with Crippen molar-refractivity contribution in [3.05, 3.63) is 29.6 Å². The number of rotatable bonds is 7. The monoisotopic (exact) mass is 253 g/mol. The Hall–Kier alpha value is -1.42. The van der Waals surface area contributed by atoms with Gasteiger partial charge >= 0.3 is 0 Å². The number of methoxy groups -OCH3 is 1. The largest absolute Gasteiger partial charge is 0.494 e. The van der Waals surface area contributed by atoms with Crippen molar-refractivity contribution in [1.82, 2.24) is 5.32 Å². The van der Waals surface area contributed by atoms with E-state index in [2.05, 4.69) is 5.32 Å². The van der Waals surface area contributed by atoms with E-state index in [-0.39, 0.29) is 23.9 Å². The van der Waals surface area contributed by atoms with E-state index in [9.17, 15) is 9.18 Å². The van der Waals surface area contributed by atoms with E-state index in [0.29, 0.717) is 12.1 Å². The van der Waals surface area contributed by atoms with Gasteiger partial charge in [0.2, 0.25) is 0 Å². The molecule has 3 nitrogen and oxygen atoms in total. The molecule has 0 bridgehead atoms. The highest BCUT2D eigenvalue weighted by Crippen LogP contribution is 2.18. The Morgan fingerprint density at radius 2 is 2.22 bits per heavy atom. The molecule has 0 saturated carbocycles. The van der Waals surface area contributed by atoms with E-state index in [1.165, 1.54) is 13.2 Å². The summed E-state index contributed by atoms with van der Waals surface area (Å²) in [6.07, 6.45) is 0.257. The first-order valence-electron chi connectivity index (χ1n) is 6.14. The average Bonchev–Trinajstić information content (AvgIpc) is 2.36. The molecule has 1 rings (SSSR count). The predicted molar refractivity (Wildman–Crippen MR) is 69.4 cm³/mol. The summed E-state index contributed by atoms with van der Waals surface area (Å²) in [6, 6.07) is 4.63. The van der Waals surface area contributed by atoms with Crippen LogP contribution in [0, 0.1) is 11.7 Å². The van der Waals surface area contributed by atoms with E-state index >= 15 is 0 Å². The van der Waals surface area contributed by atoms with Gasteiger partial charge in [-0.1, -0.05) is 19.9 Å². The summed E-state index contributed by atoms with van der Waals surface area (Å²) in [5, 5.41) is 3.13. The Bertz CT molecular complexity index is 407. The van der Waals surface area contributed by atoms with Crippen molar-refractivity contribution in [3.8, 4) is 5.75 Å².